The number of amides is 1. The Bertz CT molecular complexity index is 404. The molecule has 1 amide bonds. The standard InChI is InChI=1S/C14H23N3O/c1-10(2)17(9-14(16)18)13(8-15)12-7-5-4-6-11(12)3/h4-7,10,13H,8-9,15H2,1-3H3,(H2,16,18). The van der Waals surface area contributed by atoms with Crippen LogP contribution in [0.4, 0.5) is 0 Å². The van der Waals surface area contributed by atoms with Crippen molar-refractivity contribution in [3.8, 4) is 0 Å². The molecule has 18 heavy (non-hydrogen) atoms. The zero-order valence-electron chi connectivity index (χ0n) is 11.4. The lowest BCUT2D eigenvalue weighted by Crippen LogP contribution is -2.43. The number of hydrogen-bond donors (Lipinski definition) is 2. The number of aryl methyl sites for hydroxylation is 1. The highest BCUT2D eigenvalue weighted by Gasteiger charge is 2.24. The number of primary amides is 1. The van der Waals surface area contributed by atoms with Crippen molar-refractivity contribution in [1.29, 1.82) is 0 Å². The predicted molar refractivity (Wildman–Crippen MR) is 74.0 cm³/mol. The Morgan fingerprint density at radius 3 is 2.39 bits per heavy atom. The van der Waals surface area contributed by atoms with Gasteiger partial charge in [0.1, 0.15) is 0 Å². The lowest BCUT2D eigenvalue weighted by molar-refractivity contribution is -0.120. The zero-order valence-corrected chi connectivity index (χ0v) is 11.4. The van der Waals surface area contributed by atoms with Gasteiger partial charge in [-0.3, -0.25) is 9.69 Å². The van der Waals surface area contributed by atoms with Gasteiger partial charge in [-0.05, 0) is 31.9 Å². The molecule has 0 aromatic heterocycles. The second-order valence-corrected chi connectivity index (χ2v) is 4.84. The van der Waals surface area contributed by atoms with Gasteiger partial charge >= 0.3 is 0 Å². The van der Waals surface area contributed by atoms with E-state index in [1.165, 1.54) is 5.56 Å². The Kier molecular flexibility index (Phi) is 5.31. The van der Waals surface area contributed by atoms with Crippen molar-refractivity contribution < 1.29 is 4.79 Å². The molecule has 0 spiro atoms. The molecule has 0 radical (unpaired) electrons. The minimum absolute atomic E-state index is 0.0266. The van der Waals surface area contributed by atoms with Crippen molar-refractivity contribution in [2.45, 2.75) is 32.9 Å². The Labute approximate surface area is 109 Å². The Hall–Kier alpha value is -1.39. The van der Waals surface area contributed by atoms with E-state index in [1.54, 1.807) is 0 Å². The molecule has 0 aliphatic heterocycles. The van der Waals surface area contributed by atoms with Crippen LogP contribution >= 0.6 is 0 Å². The first-order chi connectivity index (χ1) is 8.47. The maximum atomic E-state index is 11.2. The van der Waals surface area contributed by atoms with Gasteiger partial charge in [-0.25, -0.2) is 0 Å². The van der Waals surface area contributed by atoms with E-state index < -0.39 is 0 Å². The van der Waals surface area contributed by atoms with Crippen LogP contribution in [0, 0.1) is 6.92 Å². The molecular formula is C14H23N3O. The molecule has 0 aliphatic rings. The molecule has 1 atom stereocenters. The van der Waals surface area contributed by atoms with Crippen LogP contribution in [0.15, 0.2) is 24.3 Å². The molecule has 0 saturated carbocycles. The summed E-state index contributed by atoms with van der Waals surface area (Å²) in [6.45, 7) is 6.85. The van der Waals surface area contributed by atoms with Crippen LogP contribution in [0.3, 0.4) is 0 Å². The Morgan fingerprint density at radius 1 is 1.33 bits per heavy atom. The van der Waals surface area contributed by atoms with Gasteiger partial charge in [-0.2, -0.15) is 0 Å². The van der Waals surface area contributed by atoms with Crippen molar-refractivity contribution in [3.63, 3.8) is 0 Å². The normalized spacial score (nSPS) is 13.0. The first-order valence-electron chi connectivity index (χ1n) is 6.27. The molecule has 100 valence electrons. The Morgan fingerprint density at radius 2 is 1.94 bits per heavy atom. The molecule has 1 aromatic rings. The average Bonchev–Trinajstić information content (AvgIpc) is 2.30. The van der Waals surface area contributed by atoms with Crippen LogP contribution in [-0.4, -0.2) is 29.9 Å². The zero-order chi connectivity index (χ0) is 13.7. The highest BCUT2D eigenvalue weighted by atomic mass is 16.1. The number of hydrogen-bond acceptors (Lipinski definition) is 3. The summed E-state index contributed by atoms with van der Waals surface area (Å²) in [5.41, 5.74) is 13.6. The quantitative estimate of drug-likeness (QED) is 0.795. The fourth-order valence-electron chi connectivity index (χ4n) is 2.23. The van der Waals surface area contributed by atoms with Crippen LogP contribution in [0.1, 0.15) is 31.0 Å². The van der Waals surface area contributed by atoms with E-state index in [2.05, 4.69) is 19.1 Å². The van der Waals surface area contributed by atoms with Crippen molar-refractivity contribution in [2.24, 2.45) is 11.5 Å². The van der Waals surface area contributed by atoms with E-state index in [4.69, 9.17) is 11.5 Å². The van der Waals surface area contributed by atoms with Gasteiger partial charge in [0.15, 0.2) is 0 Å². The molecule has 0 bridgehead atoms. The summed E-state index contributed by atoms with van der Waals surface area (Å²) in [5.74, 6) is -0.323. The lowest BCUT2D eigenvalue weighted by atomic mass is 9.99. The van der Waals surface area contributed by atoms with E-state index in [-0.39, 0.29) is 24.5 Å². The van der Waals surface area contributed by atoms with Crippen molar-refractivity contribution >= 4 is 5.91 Å². The molecule has 1 aromatic carbocycles. The molecule has 0 aliphatic carbocycles. The van der Waals surface area contributed by atoms with Gasteiger partial charge in [0, 0.05) is 18.6 Å². The van der Waals surface area contributed by atoms with Gasteiger partial charge in [0.05, 0.1) is 6.54 Å². The van der Waals surface area contributed by atoms with E-state index in [0.29, 0.717) is 6.54 Å². The van der Waals surface area contributed by atoms with Crippen LogP contribution in [0.25, 0.3) is 0 Å². The molecule has 0 heterocycles. The summed E-state index contributed by atoms with van der Waals surface area (Å²) in [6, 6.07) is 8.35. The second kappa shape index (κ2) is 6.52. The monoisotopic (exact) mass is 249 g/mol. The number of nitrogens with two attached hydrogens (primary N) is 2. The summed E-state index contributed by atoms with van der Waals surface area (Å²) in [7, 11) is 0. The third kappa shape index (κ3) is 3.55. The largest absolute Gasteiger partial charge is 0.369 e. The van der Waals surface area contributed by atoms with E-state index in [9.17, 15) is 4.79 Å². The highest BCUT2D eigenvalue weighted by molar-refractivity contribution is 5.76. The SMILES string of the molecule is Cc1ccccc1C(CN)N(CC(N)=O)C(C)C. The molecule has 1 unspecified atom stereocenters. The van der Waals surface area contributed by atoms with E-state index in [0.717, 1.165) is 5.56 Å². The van der Waals surface area contributed by atoms with Gasteiger partial charge in [0.25, 0.3) is 0 Å². The van der Waals surface area contributed by atoms with Crippen LogP contribution < -0.4 is 11.5 Å². The number of nitrogens with zero attached hydrogens (tertiary/aromatic N) is 1. The molecule has 1 rings (SSSR count). The van der Waals surface area contributed by atoms with Crippen LogP contribution in [-0.2, 0) is 4.79 Å². The van der Waals surface area contributed by atoms with Gasteiger partial charge in [-0.15, -0.1) is 0 Å². The fraction of sp³-hybridized carbons (Fsp3) is 0.500. The minimum atomic E-state index is -0.323. The molecule has 0 saturated heterocycles. The molecule has 4 nitrogen and oxygen atoms in total. The average molecular weight is 249 g/mol. The highest BCUT2D eigenvalue weighted by Crippen LogP contribution is 2.24. The van der Waals surface area contributed by atoms with Gasteiger partial charge < -0.3 is 11.5 Å². The number of carbonyl (C=O) groups excluding carboxylic acids is 1. The third-order valence-electron chi connectivity index (χ3n) is 3.17. The third-order valence-corrected chi connectivity index (χ3v) is 3.17. The van der Waals surface area contributed by atoms with Crippen LogP contribution in [0.2, 0.25) is 0 Å². The lowest BCUT2D eigenvalue weighted by Gasteiger charge is -2.34. The summed E-state index contributed by atoms with van der Waals surface area (Å²) in [6.07, 6.45) is 0. The second-order valence-electron chi connectivity index (χ2n) is 4.84. The van der Waals surface area contributed by atoms with Gasteiger partial charge in [-0.1, -0.05) is 24.3 Å². The van der Waals surface area contributed by atoms with Crippen molar-refractivity contribution in [1.82, 2.24) is 4.90 Å². The summed E-state index contributed by atoms with van der Waals surface area (Å²) >= 11 is 0. The summed E-state index contributed by atoms with van der Waals surface area (Å²) < 4.78 is 0. The summed E-state index contributed by atoms with van der Waals surface area (Å²) in [5, 5.41) is 0. The Balaban J connectivity index is 3.06. The molecular weight excluding hydrogens is 226 g/mol. The van der Waals surface area contributed by atoms with Crippen molar-refractivity contribution in [2.75, 3.05) is 13.1 Å². The van der Waals surface area contributed by atoms with Gasteiger partial charge in [0.2, 0.25) is 5.91 Å². The summed E-state index contributed by atoms with van der Waals surface area (Å²) in [4.78, 5) is 13.2. The first-order valence-corrected chi connectivity index (χ1v) is 6.27. The number of benzene rings is 1. The van der Waals surface area contributed by atoms with Crippen LogP contribution in [0.5, 0.6) is 0 Å². The molecule has 4 heteroatoms. The van der Waals surface area contributed by atoms with E-state index in [1.807, 2.05) is 30.9 Å². The maximum absolute atomic E-state index is 11.2. The van der Waals surface area contributed by atoms with E-state index >= 15 is 0 Å². The fourth-order valence-corrected chi connectivity index (χ4v) is 2.23. The first kappa shape index (κ1) is 14.7. The predicted octanol–water partition coefficient (Wildman–Crippen LogP) is 1.19. The topological polar surface area (TPSA) is 72.3 Å². The number of rotatable bonds is 6. The minimum Gasteiger partial charge on any atom is -0.369 e. The molecule has 4 N–H and O–H groups in total. The molecule has 0 fully saturated rings. The maximum Gasteiger partial charge on any atom is 0.231 e. The smallest absolute Gasteiger partial charge is 0.231 e. The number of carbonyl (C=O) groups is 1. The van der Waals surface area contributed by atoms with Crippen molar-refractivity contribution in [3.05, 3.63) is 35.4 Å².